The van der Waals surface area contributed by atoms with Crippen LogP contribution in [0.5, 0.6) is 11.5 Å². The Bertz CT molecular complexity index is 1030. The number of aromatic amines is 1. The van der Waals surface area contributed by atoms with E-state index in [2.05, 4.69) is 41.3 Å². The van der Waals surface area contributed by atoms with Crippen LogP contribution in [-0.2, 0) is 6.54 Å². The van der Waals surface area contributed by atoms with Crippen LogP contribution in [0.3, 0.4) is 0 Å². The predicted octanol–water partition coefficient (Wildman–Crippen LogP) is 3.57. The Balaban J connectivity index is 1.56. The number of fused-ring (bicyclic) bond motifs is 2. The normalized spacial score (nSPS) is 14.8. The number of ether oxygens (including phenoxy) is 2. The molecule has 1 atom stereocenters. The molecule has 146 valence electrons. The van der Waals surface area contributed by atoms with Crippen LogP contribution in [0, 0.1) is 5.92 Å². The summed E-state index contributed by atoms with van der Waals surface area (Å²) in [6, 6.07) is 13.6. The fourth-order valence-corrected chi connectivity index (χ4v) is 3.54. The highest BCUT2D eigenvalue weighted by Crippen LogP contribution is 2.34. The molecule has 1 aromatic heterocycles. The molecule has 0 fully saturated rings. The van der Waals surface area contributed by atoms with Gasteiger partial charge in [0.15, 0.2) is 11.5 Å². The predicted molar refractivity (Wildman–Crippen MR) is 109 cm³/mol. The van der Waals surface area contributed by atoms with Crippen molar-refractivity contribution in [1.82, 2.24) is 15.3 Å². The molecule has 0 saturated heterocycles. The maximum Gasteiger partial charge on any atom is 0.258 e. The van der Waals surface area contributed by atoms with Crippen molar-refractivity contribution in [1.29, 1.82) is 0 Å². The molecule has 0 aliphatic carbocycles. The molecule has 28 heavy (non-hydrogen) atoms. The summed E-state index contributed by atoms with van der Waals surface area (Å²) in [5.41, 5.74) is 1.72. The number of nitrogens with one attached hydrogen (secondary N) is 2. The van der Waals surface area contributed by atoms with Crippen LogP contribution in [0.15, 0.2) is 47.3 Å². The van der Waals surface area contributed by atoms with E-state index >= 15 is 0 Å². The van der Waals surface area contributed by atoms with Crippen LogP contribution in [-0.4, -0.2) is 23.2 Å². The number of aromatic nitrogens is 2. The molecule has 2 aromatic carbocycles. The zero-order chi connectivity index (χ0) is 19.5. The molecule has 4 rings (SSSR count). The number of para-hydroxylation sites is 1. The maximum absolute atomic E-state index is 12.3. The van der Waals surface area contributed by atoms with Crippen molar-refractivity contribution in [3.63, 3.8) is 0 Å². The summed E-state index contributed by atoms with van der Waals surface area (Å²) >= 11 is 0. The van der Waals surface area contributed by atoms with E-state index in [1.54, 1.807) is 6.07 Å². The molecule has 6 nitrogen and oxygen atoms in total. The first-order valence-electron chi connectivity index (χ1n) is 9.72. The fraction of sp³-hybridized carbons (Fsp3) is 0.364. The van der Waals surface area contributed by atoms with Gasteiger partial charge in [-0.1, -0.05) is 32.0 Å². The largest absolute Gasteiger partial charge is 0.490 e. The van der Waals surface area contributed by atoms with Crippen molar-refractivity contribution < 1.29 is 9.47 Å². The van der Waals surface area contributed by atoms with Crippen LogP contribution >= 0.6 is 0 Å². The molecule has 2 N–H and O–H groups in total. The summed E-state index contributed by atoms with van der Waals surface area (Å²) in [7, 11) is 0. The molecule has 0 spiro atoms. The van der Waals surface area contributed by atoms with Gasteiger partial charge in [-0.15, -0.1) is 0 Å². The molecular formula is C22H25N3O3. The van der Waals surface area contributed by atoms with E-state index < -0.39 is 0 Å². The number of hydrogen-bond donors (Lipinski definition) is 2. The van der Waals surface area contributed by atoms with Gasteiger partial charge in [-0.2, -0.15) is 0 Å². The molecule has 6 heteroatoms. The monoisotopic (exact) mass is 379 g/mol. The Kier molecular flexibility index (Phi) is 5.30. The lowest BCUT2D eigenvalue weighted by Gasteiger charge is -2.24. The van der Waals surface area contributed by atoms with Crippen LogP contribution in [0.4, 0.5) is 0 Å². The molecule has 1 aliphatic heterocycles. The van der Waals surface area contributed by atoms with E-state index in [9.17, 15) is 4.79 Å². The average Bonchev–Trinajstić information content (AvgIpc) is 2.93. The number of hydrogen-bond acceptors (Lipinski definition) is 5. The zero-order valence-corrected chi connectivity index (χ0v) is 16.2. The lowest BCUT2D eigenvalue weighted by molar-refractivity contribution is 0.296. The van der Waals surface area contributed by atoms with Gasteiger partial charge in [0.1, 0.15) is 5.82 Å². The van der Waals surface area contributed by atoms with Crippen molar-refractivity contribution in [3.8, 4) is 11.5 Å². The second-order valence-electron chi connectivity index (χ2n) is 7.39. The van der Waals surface area contributed by atoms with E-state index in [0.717, 1.165) is 23.5 Å². The van der Waals surface area contributed by atoms with Gasteiger partial charge in [-0.25, -0.2) is 4.98 Å². The first kappa shape index (κ1) is 18.5. The molecule has 1 aliphatic rings. The quantitative estimate of drug-likeness (QED) is 0.709. The summed E-state index contributed by atoms with van der Waals surface area (Å²) in [6.07, 6.45) is 0.886. The summed E-state index contributed by atoms with van der Waals surface area (Å²) < 4.78 is 11.6. The highest BCUT2D eigenvalue weighted by atomic mass is 16.5. The van der Waals surface area contributed by atoms with Gasteiger partial charge in [0, 0.05) is 12.5 Å². The third-order valence-corrected chi connectivity index (χ3v) is 4.95. The Hall–Kier alpha value is -2.86. The fourth-order valence-electron chi connectivity index (χ4n) is 3.54. The van der Waals surface area contributed by atoms with Gasteiger partial charge < -0.3 is 19.8 Å². The molecule has 0 radical (unpaired) electrons. The number of H-pyrrole nitrogens is 1. The van der Waals surface area contributed by atoms with Crippen LogP contribution in [0.25, 0.3) is 10.9 Å². The minimum absolute atomic E-state index is 0.0916. The van der Waals surface area contributed by atoms with E-state index in [1.807, 2.05) is 24.3 Å². The van der Waals surface area contributed by atoms with E-state index in [-0.39, 0.29) is 11.6 Å². The molecule has 0 bridgehead atoms. The summed E-state index contributed by atoms with van der Waals surface area (Å²) in [5, 5.41) is 4.14. The standard InChI is InChI=1S/C22H25N3O3/c1-14(2)21(15-8-9-18-19(12-15)28-11-5-10-27-18)23-13-20-24-17-7-4-3-6-16(17)22(26)25-20/h3-4,6-9,12,14,21,23H,5,10-11,13H2,1-2H3,(H,24,25,26)/t21-/m0/s1. The van der Waals surface area contributed by atoms with Gasteiger partial charge in [0.2, 0.25) is 0 Å². The van der Waals surface area contributed by atoms with Crippen molar-refractivity contribution in [2.75, 3.05) is 13.2 Å². The van der Waals surface area contributed by atoms with Gasteiger partial charge in [-0.05, 0) is 35.7 Å². The molecule has 0 unspecified atom stereocenters. The zero-order valence-electron chi connectivity index (χ0n) is 16.2. The number of nitrogens with zero attached hydrogens (tertiary/aromatic N) is 1. The maximum atomic E-state index is 12.3. The van der Waals surface area contributed by atoms with Crippen molar-refractivity contribution in [2.24, 2.45) is 5.92 Å². The topological polar surface area (TPSA) is 76.2 Å². The Morgan fingerprint density at radius 3 is 2.71 bits per heavy atom. The number of benzene rings is 2. The highest BCUT2D eigenvalue weighted by molar-refractivity contribution is 5.77. The Labute approximate surface area is 163 Å². The highest BCUT2D eigenvalue weighted by Gasteiger charge is 2.19. The molecule has 2 heterocycles. The van der Waals surface area contributed by atoms with Gasteiger partial charge in [-0.3, -0.25) is 4.79 Å². The lowest BCUT2D eigenvalue weighted by atomic mass is 9.95. The second-order valence-corrected chi connectivity index (χ2v) is 7.39. The van der Waals surface area contributed by atoms with Crippen molar-refractivity contribution in [3.05, 3.63) is 64.2 Å². The van der Waals surface area contributed by atoms with E-state index in [1.165, 1.54) is 0 Å². The van der Waals surface area contributed by atoms with Crippen molar-refractivity contribution in [2.45, 2.75) is 32.9 Å². The second kappa shape index (κ2) is 8.02. The van der Waals surface area contributed by atoms with Gasteiger partial charge >= 0.3 is 0 Å². The van der Waals surface area contributed by atoms with Crippen molar-refractivity contribution >= 4 is 10.9 Å². The Morgan fingerprint density at radius 1 is 1.11 bits per heavy atom. The minimum atomic E-state index is -0.112. The minimum Gasteiger partial charge on any atom is -0.490 e. The first-order chi connectivity index (χ1) is 13.6. The lowest BCUT2D eigenvalue weighted by Crippen LogP contribution is -2.27. The number of rotatable bonds is 5. The SMILES string of the molecule is CC(C)[C@H](NCc1nc2ccccc2c(=O)[nH]1)c1ccc2c(c1)OCCCO2. The van der Waals surface area contributed by atoms with Crippen LogP contribution < -0.4 is 20.3 Å². The summed E-state index contributed by atoms with van der Waals surface area (Å²) in [5.74, 6) is 2.56. The summed E-state index contributed by atoms with van der Waals surface area (Å²) in [6.45, 7) is 6.14. The Morgan fingerprint density at radius 2 is 1.89 bits per heavy atom. The van der Waals surface area contributed by atoms with Crippen LogP contribution in [0.2, 0.25) is 0 Å². The van der Waals surface area contributed by atoms with E-state index in [0.29, 0.717) is 42.4 Å². The van der Waals surface area contributed by atoms with Crippen LogP contribution in [0.1, 0.15) is 37.7 Å². The molecule has 0 saturated carbocycles. The third-order valence-electron chi connectivity index (χ3n) is 4.95. The molecule has 3 aromatic rings. The molecular weight excluding hydrogens is 354 g/mol. The summed E-state index contributed by atoms with van der Waals surface area (Å²) in [4.78, 5) is 19.7. The average molecular weight is 379 g/mol. The van der Waals surface area contributed by atoms with Gasteiger partial charge in [0.25, 0.3) is 5.56 Å². The third kappa shape index (κ3) is 3.87. The van der Waals surface area contributed by atoms with E-state index in [4.69, 9.17) is 9.47 Å². The molecule has 0 amide bonds. The first-order valence-corrected chi connectivity index (χ1v) is 9.72. The smallest absolute Gasteiger partial charge is 0.258 e. The van der Waals surface area contributed by atoms with Gasteiger partial charge in [0.05, 0.1) is 30.7 Å².